The van der Waals surface area contributed by atoms with Crippen LogP contribution in [0, 0.1) is 14.9 Å². The van der Waals surface area contributed by atoms with Gasteiger partial charge in [0.05, 0.1) is 28.4 Å². The number of hydrogen-bond acceptors (Lipinski definition) is 4. The van der Waals surface area contributed by atoms with Crippen molar-refractivity contribution in [1.29, 1.82) is 0 Å². The molecule has 0 aliphatic heterocycles. The smallest absolute Gasteiger partial charge is 0.133 e. The van der Waals surface area contributed by atoms with Crippen molar-refractivity contribution in [3.63, 3.8) is 0 Å². The van der Waals surface area contributed by atoms with Crippen LogP contribution in [0.4, 0.5) is 0 Å². The first-order valence-corrected chi connectivity index (χ1v) is 11.2. The summed E-state index contributed by atoms with van der Waals surface area (Å²) in [5, 5.41) is 21.2. The van der Waals surface area contributed by atoms with Gasteiger partial charge in [-0.3, -0.25) is 0 Å². The number of aliphatic hydroxyl groups is 2. The molecule has 0 amide bonds. The summed E-state index contributed by atoms with van der Waals surface area (Å²) >= 11 is 2.35. The highest BCUT2D eigenvalue weighted by molar-refractivity contribution is 14.1. The van der Waals surface area contributed by atoms with E-state index in [1.54, 1.807) is 0 Å². The SMILES string of the molecule is CC(C)(C)[C@H]1CC[C@H](Oc2ccc3cc(C(N)(CO)CO)ccc3c2I)CC1. The monoisotopic (exact) mass is 497 g/mol. The van der Waals surface area contributed by atoms with Gasteiger partial charge in [-0.05, 0) is 88.1 Å². The molecule has 0 spiro atoms. The van der Waals surface area contributed by atoms with Gasteiger partial charge in [-0.2, -0.15) is 0 Å². The lowest BCUT2D eigenvalue weighted by Gasteiger charge is -2.37. The number of rotatable bonds is 5. The Labute approximate surface area is 181 Å². The van der Waals surface area contributed by atoms with Crippen molar-refractivity contribution in [3.05, 3.63) is 39.5 Å². The summed E-state index contributed by atoms with van der Waals surface area (Å²) in [6, 6.07) is 9.90. The molecule has 1 aliphatic carbocycles. The third kappa shape index (κ3) is 4.48. The zero-order valence-electron chi connectivity index (χ0n) is 17.0. The minimum Gasteiger partial charge on any atom is -0.489 e. The fourth-order valence-corrected chi connectivity index (χ4v) is 4.93. The Morgan fingerprint density at radius 3 is 2.25 bits per heavy atom. The fraction of sp³-hybridized carbons (Fsp3) is 0.565. The van der Waals surface area contributed by atoms with Gasteiger partial charge in [0.1, 0.15) is 5.75 Å². The van der Waals surface area contributed by atoms with Crippen LogP contribution in [0.3, 0.4) is 0 Å². The normalized spacial score (nSPS) is 21.1. The lowest BCUT2D eigenvalue weighted by molar-refractivity contribution is 0.0878. The highest BCUT2D eigenvalue weighted by Crippen LogP contribution is 2.40. The van der Waals surface area contributed by atoms with Gasteiger partial charge in [-0.1, -0.05) is 39.0 Å². The van der Waals surface area contributed by atoms with E-state index in [2.05, 4.69) is 43.4 Å². The van der Waals surface area contributed by atoms with Crippen LogP contribution in [0.15, 0.2) is 30.3 Å². The third-order valence-electron chi connectivity index (χ3n) is 6.25. The van der Waals surface area contributed by atoms with E-state index in [0.29, 0.717) is 5.41 Å². The van der Waals surface area contributed by atoms with Crippen LogP contribution >= 0.6 is 22.6 Å². The summed E-state index contributed by atoms with van der Waals surface area (Å²) in [5.74, 6) is 1.71. The van der Waals surface area contributed by atoms with Gasteiger partial charge in [0.25, 0.3) is 0 Å². The Morgan fingerprint density at radius 2 is 1.68 bits per heavy atom. The number of fused-ring (bicyclic) bond motifs is 1. The van der Waals surface area contributed by atoms with Crippen molar-refractivity contribution in [2.45, 2.75) is 58.1 Å². The molecule has 0 heterocycles. The molecule has 0 bridgehead atoms. The number of hydrogen-bond donors (Lipinski definition) is 3. The molecule has 4 nitrogen and oxygen atoms in total. The van der Waals surface area contributed by atoms with Gasteiger partial charge >= 0.3 is 0 Å². The van der Waals surface area contributed by atoms with Crippen molar-refractivity contribution < 1.29 is 14.9 Å². The highest BCUT2D eigenvalue weighted by atomic mass is 127. The standard InChI is InChI=1S/C23H32INO3/c1-22(2,3)16-5-8-18(9-6-16)28-20-11-4-15-12-17(23(25,13-26)14-27)7-10-19(15)21(20)24/h4,7,10-12,16,18,26-27H,5-6,8-9,13-14,25H2,1-3H3/t16-,18-. The Balaban J connectivity index is 1.78. The minimum atomic E-state index is -1.12. The average Bonchev–Trinajstić information content (AvgIpc) is 2.69. The third-order valence-corrected chi connectivity index (χ3v) is 7.36. The average molecular weight is 497 g/mol. The largest absolute Gasteiger partial charge is 0.489 e. The first kappa shape index (κ1) is 21.8. The summed E-state index contributed by atoms with van der Waals surface area (Å²) in [5.41, 5.74) is 6.10. The van der Waals surface area contributed by atoms with E-state index in [1.165, 1.54) is 12.8 Å². The second kappa shape index (κ2) is 8.46. The number of halogens is 1. The quantitative estimate of drug-likeness (QED) is 0.530. The van der Waals surface area contributed by atoms with Gasteiger partial charge in [0.15, 0.2) is 0 Å². The van der Waals surface area contributed by atoms with Crippen LogP contribution in [0.25, 0.3) is 10.8 Å². The van der Waals surface area contributed by atoms with E-state index >= 15 is 0 Å². The molecule has 2 aromatic carbocycles. The second-order valence-corrected chi connectivity index (χ2v) is 10.3. The van der Waals surface area contributed by atoms with Crippen molar-refractivity contribution >= 4 is 33.4 Å². The van der Waals surface area contributed by atoms with E-state index in [-0.39, 0.29) is 19.3 Å². The van der Waals surface area contributed by atoms with Gasteiger partial charge in [0, 0.05) is 0 Å². The first-order valence-electron chi connectivity index (χ1n) is 10.1. The van der Waals surface area contributed by atoms with Crippen molar-refractivity contribution in [1.82, 2.24) is 0 Å². The molecule has 5 heteroatoms. The predicted molar refractivity (Wildman–Crippen MR) is 123 cm³/mol. The Morgan fingerprint density at radius 1 is 1.04 bits per heavy atom. The summed E-state index contributed by atoms with van der Waals surface area (Å²) in [4.78, 5) is 0. The molecule has 28 heavy (non-hydrogen) atoms. The number of ether oxygens (including phenoxy) is 1. The summed E-state index contributed by atoms with van der Waals surface area (Å²) in [6.07, 6.45) is 4.95. The number of nitrogens with two attached hydrogens (primary N) is 1. The lowest BCUT2D eigenvalue weighted by Crippen LogP contribution is -2.44. The molecule has 3 rings (SSSR count). The van der Waals surface area contributed by atoms with E-state index in [0.717, 1.165) is 44.4 Å². The Bertz CT molecular complexity index is 818. The zero-order valence-corrected chi connectivity index (χ0v) is 19.2. The topological polar surface area (TPSA) is 75.7 Å². The molecule has 0 atom stereocenters. The summed E-state index contributed by atoms with van der Waals surface area (Å²) in [6.45, 7) is 6.41. The Kier molecular flexibility index (Phi) is 6.59. The van der Waals surface area contributed by atoms with Crippen molar-refractivity contribution in [3.8, 4) is 5.75 Å². The fourth-order valence-electron chi connectivity index (χ4n) is 4.13. The molecule has 2 aromatic rings. The van der Waals surface area contributed by atoms with Gasteiger partial charge in [0.2, 0.25) is 0 Å². The lowest BCUT2D eigenvalue weighted by atomic mass is 9.72. The molecule has 0 unspecified atom stereocenters. The first-order chi connectivity index (χ1) is 13.2. The van der Waals surface area contributed by atoms with Crippen molar-refractivity contribution in [2.75, 3.05) is 13.2 Å². The molecular formula is C23H32INO3. The van der Waals surface area contributed by atoms with Gasteiger partial charge in [-0.15, -0.1) is 0 Å². The van der Waals surface area contributed by atoms with Gasteiger partial charge < -0.3 is 20.7 Å². The minimum absolute atomic E-state index is 0.282. The van der Waals surface area contributed by atoms with Crippen LogP contribution in [0.5, 0.6) is 5.75 Å². The predicted octanol–water partition coefficient (Wildman–Crippen LogP) is 4.57. The summed E-state index contributed by atoms with van der Waals surface area (Å²) < 4.78 is 7.48. The molecule has 0 saturated heterocycles. The molecule has 1 fully saturated rings. The van der Waals surface area contributed by atoms with Crippen LogP contribution in [-0.4, -0.2) is 29.5 Å². The maximum absolute atomic E-state index is 9.55. The second-order valence-electron chi connectivity index (χ2n) is 9.24. The maximum atomic E-state index is 9.55. The Hall–Kier alpha value is -0.890. The zero-order chi connectivity index (χ0) is 20.5. The van der Waals surface area contributed by atoms with E-state index in [9.17, 15) is 10.2 Å². The van der Waals surface area contributed by atoms with Crippen LogP contribution in [0.2, 0.25) is 0 Å². The molecule has 0 radical (unpaired) electrons. The highest BCUT2D eigenvalue weighted by Gasteiger charge is 2.31. The van der Waals surface area contributed by atoms with E-state index in [1.807, 2.05) is 30.3 Å². The summed E-state index contributed by atoms with van der Waals surface area (Å²) in [7, 11) is 0. The molecule has 4 N–H and O–H groups in total. The molecule has 1 aliphatic rings. The van der Waals surface area contributed by atoms with Gasteiger partial charge in [-0.25, -0.2) is 0 Å². The maximum Gasteiger partial charge on any atom is 0.133 e. The van der Waals surface area contributed by atoms with E-state index < -0.39 is 5.54 Å². The van der Waals surface area contributed by atoms with Crippen LogP contribution < -0.4 is 10.5 Å². The van der Waals surface area contributed by atoms with Crippen molar-refractivity contribution in [2.24, 2.45) is 17.1 Å². The van der Waals surface area contributed by atoms with Crippen LogP contribution in [-0.2, 0) is 5.54 Å². The molecule has 154 valence electrons. The molecular weight excluding hydrogens is 465 g/mol. The number of benzene rings is 2. The molecule has 1 saturated carbocycles. The van der Waals surface area contributed by atoms with Crippen LogP contribution in [0.1, 0.15) is 52.0 Å². The molecule has 0 aromatic heterocycles. The number of aliphatic hydroxyl groups excluding tert-OH is 2. The van der Waals surface area contributed by atoms with E-state index in [4.69, 9.17) is 10.5 Å².